The lowest BCUT2D eigenvalue weighted by molar-refractivity contribution is -0.147. The monoisotopic (exact) mass is 272 g/mol. The molecular weight excluding hydrogens is 248 g/mol. The van der Waals surface area contributed by atoms with Crippen LogP contribution in [0.2, 0.25) is 0 Å². The highest BCUT2D eigenvalue weighted by atomic mass is 16.5. The third-order valence-corrected chi connectivity index (χ3v) is 5.53. The molecule has 20 heavy (non-hydrogen) atoms. The Bertz CT molecular complexity index is 491. The molecule has 3 rings (SSSR count). The van der Waals surface area contributed by atoms with E-state index in [0.29, 0.717) is 24.4 Å². The molecule has 2 fully saturated rings. The highest BCUT2D eigenvalue weighted by molar-refractivity contribution is 5.74. The van der Waals surface area contributed by atoms with Gasteiger partial charge in [-0.05, 0) is 36.2 Å². The third-order valence-electron chi connectivity index (χ3n) is 5.53. The van der Waals surface area contributed by atoms with Gasteiger partial charge in [0, 0.05) is 5.41 Å². The van der Waals surface area contributed by atoms with Gasteiger partial charge in [0.05, 0.1) is 12.5 Å². The van der Waals surface area contributed by atoms with E-state index in [1.807, 2.05) is 0 Å². The summed E-state index contributed by atoms with van der Waals surface area (Å²) in [6, 6.07) is 10.7. The van der Waals surface area contributed by atoms with Crippen LogP contribution in [0.25, 0.3) is 0 Å². The molecule has 0 N–H and O–H groups in total. The number of ether oxygens (including phenoxy) is 1. The molecule has 108 valence electrons. The molecule has 0 aliphatic heterocycles. The number of carbonyl (C=O) groups is 1. The first kappa shape index (κ1) is 13.7. The average molecular weight is 272 g/mol. The molecule has 1 aromatic carbocycles. The summed E-state index contributed by atoms with van der Waals surface area (Å²) in [4.78, 5) is 11.7. The molecule has 4 atom stereocenters. The van der Waals surface area contributed by atoms with E-state index in [1.54, 1.807) is 0 Å². The van der Waals surface area contributed by atoms with Crippen molar-refractivity contribution >= 4 is 5.97 Å². The van der Waals surface area contributed by atoms with Crippen LogP contribution in [0.1, 0.15) is 45.1 Å². The second-order valence-corrected chi connectivity index (χ2v) is 6.90. The molecule has 2 aliphatic carbocycles. The molecule has 2 unspecified atom stereocenters. The molecule has 0 heterocycles. The summed E-state index contributed by atoms with van der Waals surface area (Å²) in [5, 5.41) is 0. The Morgan fingerprint density at radius 3 is 2.60 bits per heavy atom. The molecule has 2 aliphatic rings. The van der Waals surface area contributed by atoms with Crippen LogP contribution in [0.4, 0.5) is 0 Å². The highest BCUT2D eigenvalue weighted by Crippen LogP contribution is 2.64. The van der Waals surface area contributed by atoms with Crippen molar-refractivity contribution in [1.29, 1.82) is 0 Å². The summed E-state index contributed by atoms with van der Waals surface area (Å²) in [5.74, 6) is 1.98. The fourth-order valence-electron chi connectivity index (χ4n) is 3.70. The Morgan fingerprint density at radius 2 is 2.00 bits per heavy atom. The molecule has 0 amide bonds. The smallest absolute Gasteiger partial charge is 0.308 e. The molecule has 2 nitrogen and oxygen atoms in total. The van der Waals surface area contributed by atoms with Crippen molar-refractivity contribution in [3.8, 4) is 0 Å². The van der Waals surface area contributed by atoms with Crippen LogP contribution in [0, 0.1) is 23.2 Å². The Hall–Kier alpha value is -1.31. The maximum absolute atomic E-state index is 11.7. The zero-order chi connectivity index (χ0) is 14.3. The molecule has 0 aromatic heterocycles. The molecule has 0 radical (unpaired) electrons. The van der Waals surface area contributed by atoms with Gasteiger partial charge in [-0.1, -0.05) is 51.1 Å². The minimum Gasteiger partial charge on any atom is -0.465 e. The Kier molecular flexibility index (Phi) is 3.35. The Balaban J connectivity index is 1.62. The van der Waals surface area contributed by atoms with E-state index in [-0.39, 0.29) is 17.3 Å². The van der Waals surface area contributed by atoms with Crippen molar-refractivity contribution in [2.24, 2.45) is 23.2 Å². The summed E-state index contributed by atoms with van der Waals surface area (Å²) < 4.78 is 5.54. The van der Waals surface area contributed by atoms with Crippen molar-refractivity contribution in [3.05, 3.63) is 35.9 Å². The number of hydrogen-bond acceptors (Lipinski definition) is 2. The van der Waals surface area contributed by atoms with Crippen molar-refractivity contribution in [1.82, 2.24) is 0 Å². The van der Waals surface area contributed by atoms with Gasteiger partial charge in [-0.15, -0.1) is 0 Å². The molecule has 2 saturated carbocycles. The second-order valence-electron chi connectivity index (χ2n) is 6.90. The zero-order valence-corrected chi connectivity index (χ0v) is 12.6. The van der Waals surface area contributed by atoms with E-state index in [4.69, 9.17) is 4.74 Å². The number of carbonyl (C=O) groups excluding carboxylic acids is 1. The van der Waals surface area contributed by atoms with Gasteiger partial charge in [-0.25, -0.2) is 0 Å². The summed E-state index contributed by atoms with van der Waals surface area (Å²) >= 11 is 0. The molecular formula is C18H24O2. The lowest BCUT2D eigenvalue weighted by Gasteiger charge is -2.17. The Labute approximate surface area is 121 Å². The van der Waals surface area contributed by atoms with Crippen molar-refractivity contribution < 1.29 is 9.53 Å². The number of esters is 1. The second kappa shape index (κ2) is 4.91. The van der Waals surface area contributed by atoms with Crippen LogP contribution in [0.15, 0.2) is 30.3 Å². The summed E-state index contributed by atoms with van der Waals surface area (Å²) in [6.45, 7) is 7.44. The van der Waals surface area contributed by atoms with Gasteiger partial charge in [-0.2, -0.15) is 0 Å². The summed E-state index contributed by atoms with van der Waals surface area (Å²) in [5.41, 5.74) is 1.54. The standard InChI is InChI=1S/C18H24O2/c1-12(14-7-5-4-6-8-14)16-13(2)18(16,3)11-20-17(19)15-9-10-15/h4-8,12-13,15-16H,9-11H2,1-3H3/t12-,13?,16?,18-/m1/s1. The lowest BCUT2D eigenvalue weighted by atomic mass is 9.91. The lowest BCUT2D eigenvalue weighted by Crippen LogP contribution is -2.17. The van der Waals surface area contributed by atoms with E-state index in [0.717, 1.165) is 12.8 Å². The molecule has 0 spiro atoms. The SMILES string of the molecule is CC1C([C@H](C)c2ccccc2)[C@]1(C)COC(=O)C1CC1. The molecule has 1 aromatic rings. The summed E-state index contributed by atoms with van der Waals surface area (Å²) in [6.07, 6.45) is 2.05. The maximum Gasteiger partial charge on any atom is 0.308 e. The first-order valence-corrected chi connectivity index (χ1v) is 7.75. The molecule has 0 bridgehead atoms. The minimum atomic E-state index is 0.0245. The van der Waals surface area contributed by atoms with Gasteiger partial charge < -0.3 is 4.74 Å². The van der Waals surface area contributed by atoms with E-state index >= 15 is 0 Å². The maximum atomic E-state index is 11.7. The van der Waals surface area contributed by atoms with Crippen molar-refractivity contribution in [3.63, 3.8) is 0 Å². The molecule has 2 heteroatoms. The van der Waals surface area contributed by atoms with Crippen LogP contribution in [-0.2, 0) is 9.53 Å². The normalized spacial score (nSPS) is 33.5. The van der Waals surface area contributed by atoms with Gasteiger partial charge in [0.1, 0.15) is 0 Å². The number of benzene rings is 1. The predicted octanol–water partition coefficient (Wildman–Crippen LogP) is 4.02. The van der Waals surface area contributed by atoms with Crippen LogP contribution < -0.4 is 0 Å². The number of hydrogen-bond donors (Lipinski definition) is 0. The van der Waals surface area contributed by atoms with Crippen molar-refractivity contribution in [2.75, 3.05) is 6.61 Å². The first-order chi connectivity index (χ1) is 9.54. The van der Waals surface area contributed by atoms with Crippen molar-refractivity contribution in [2.45, 2.75) is 39.5 Å². The average Bonchev–Trinajstić information content (AvgIpc) is 3.36. The highest BCUT2D eigenvalue weighted by Gasteiger charge is 2.61. The Morgan fingerprint density at radius 1 is 1.35 bits per heavy atom. The van der Waals surface area contributed by atoms with E-state index in [9.17, 15) is 4.79 Å². The van der Waals surface area contributed by atoms with Crippen LogP contribution in [-0.4, -0.2) is 12.6 Å². The van der Waals surface area contributed by atoms with E-state index in [2.05, 4.69) is 51.1 Å². The van der Waals surface area contributed by atoms with Crippen LogP contribution >= 0.6 is 0 Å². The van der Waals surface area contributed by atoms with Crippen LogP contribution in [0.5, 0.6) is 0 Å². The minimum absolute atomic E-state index is 0.0245. The first-order valence-electron chi connectivity index (χ1n) is 7.75. The largest absolute Gasteiger partial charge is 0.465 e. The zero-order valence-electron chi connectivity index (χ0n) is 12.6. The quantitative estimate of drug-likeness (QED) is 0.757. The topological polar surface area (TPSA) is 26.3 Å². The fraction of sp³-hybridized carbons (Fsp3) is 0.611. The van der Waals surface area contributed by atoms with Crippen LogP contribution in [0.3, 0.4) is 0 Å². The number of rotatable bonds is 5. The van der Waals surface area contributed by atoms with Gasteiger partial charge in [0.2, 0.25) is 0 Å². The van der Waals surface area contributed by atoms with Gasteiger partial charge in [0.25, 0.3) is 0 Å². The van der Waals surface area contributed by atoms with E-state index in [1.165, 1.54) is 5.56 Å². The third kappa shape index (κ3) is 2.36. The summed E-state index contributed by atoms with van der Waals surface area (Å²) in [7, 11) is 0. The van der Waals surface area contributed by atoms with Gasteiger partial charge in [0.15, 0.2) is 0 Å². The van der Waals surface area contributed by atoms with Gasteiger partial charge in [-0.3, -0.25) is 4.79 Å². The van der Waals surface area contributed by atoms with Gasteiger partial charge >= 0.3 is 5.97 Å². The predicted molar refractivity (Wildman–Crippen MR) is 79.3 cm³/mol. The molecule has 0 saturated heterocycles. The van der Waals surface area contributed by atoms with E-state index < -0.39 is 0 Å². The fourth-order valence-corrected chi connectivity index (χ4v) is 3.70.